The Labute approximate surface area is 117 Å². The van der Waals surface area contributed by atoms with Gasteiger partial charge < -0.3 is 10.4 Å². The van der Waals surface area contributed by atoms with Crippen molar-refractivity contribution in [3.63, 3.8) is 0 Å². The molecule has 6 heteroatoms. The minimum absolute atomic E-state index is 0.170. The van der Waals surface area contributed by atoms with Crippen molar-refractivity contribution >= 4 is 39.6 Å². The minimum Gasteiger partial charge on any atom is -0.478 e. The molecular weight excluding hydrogens is 318 g/mol. The monoisotopic (exact) mass is 327 g/mol. The zero-order valence-electron chi connectivity index (χ0n) is 9.27. The molecule has 0 aliphatic carbocycles. The van der Waals surface area contributed by atoms with Crippen LogP contribution in [0.3, 0.4) is 0 Å². The number of carboxylic acid groups (broad SMARTS) is 1. The lowest BCUT2D eigenvalue weighted by Crippen LogP contribution is -2.25. The van der Waals surface area contributed by atoms with Crippen LogP contribution in [0.1, 0.15) is 10.4 Å². The summed E-state index contributed by atoms with van der Waals surface area (Å²) < 4.78 is 0.510. The van der Waals surface area contributed by atoms with E-state index in [0.717, 1.165) is 0 Å². The lowest BCUT2D eigenvalue weighted by Gasteiger charge is -2.04. The van der Waals surface area contributed by atoms with Crippen molar-refractivity contribution < 1.29 is 14.7 Å². The molecule has 2 N–H and O–H groups in total. The van der Waals surface area contributed by atoms with E-state index in [2.05, 4.69) is 27.2 Å². The quantitative estimate of drug-likeness (QED) is 0.641. The Hall–Kier alpha value is -1.45. The third-order valence-electron chi connectivity index (χ3n) is 1.93. The number of thioether (sulfide) groups is 1. The van der Waals surface area contributed by atoms with Crippen LogP contribution in [0.5, 0.6) is 0 Å². The Morgan fingerprint density at radius 2 is 2.22 bits per heavy atom. The molecule has 1 aromatic carbocycles. The van der Waals surface area contributed by atoms with E-state index in [1.165, 1.54) is 17.8 Å². The molecule has 1 amide bonds. The van der Waals surface area contributed by atoms with Gasteiger partial charge in [0.1, 0.15) is 0 Å². The SMILES string of the molecule is C#CCNC(=O)CSc1ccc(Br)c(C(=O)O)c1. The van der Waals surface area contributed by atoms with Crippen LogP contribution in [-0.2, 0) is 4.79 Å². The summed E-state index contributed by atoms with van der Waals surface area (Å²) in [6.07, 6.45) is 5.01. The number of carbonyl (C=O) groups is 2. The van der Waals surface area contributed by atoms with E-state index in [-0.39, 0.29) is 23.8 Å². The van der Waals surface area contributed by atoms with Crippen LogP contribution < -0.4 is 5.32 Å². The fraction of sp³-hybridized carbons (Fsp3) is 0.167. The molecule has 0 bridgehead atoms. The summed E-state index contributed by atoms with van der Waals surface area (Å²) in [4.78, 5) is 22.9. The van der Waals surface area contributed by atoms with Gasteiger partial charge in [0.05, 0.1) is 17.9 Å². The highest BCUT2D eigenvalue weighted by molar-refractivity contribution is 9.10. The van der Waals surface area contributed by atoms with Crippen molar-refractivity contribution in [2.75, 3.05) is 12.3 Å². The number of aromatic carboxylic acids is 1. The first-order chi connectivity index (χ1) is 8.54. The highest BCUT2D eigenvalue weighted by Gasteiger charge is 2.10. The first-order valence-electron chi connectivity index (χ1n) is 4.90. The van der Waals surface area contributed by atoms with Gasteiger partial charge in [0, 0.05) is 9.37 Å². The standard InChI is InChI=1S/C12H10BrNO3S/c1-2-5-14-11(15)7-18-8-3-4-10(13)9(6-8)12(16)17/h1,3-4,6H,5,7H2,(H,14,15)(H,16,17). The molecule has 1 rings (SSSR count). The molecule has 0 atom stereocenters. The Morgan fingerprint density at radius 3 is 2.83 bits per heavy atom. The smallest absolute Gasteiger partial charge is 0.336 e. The Kier molecular flexibility index (Phi) is 5.75. The molecule has 0 fully saturated rings. The van der Waals surface area contributed by atoms with Crippen molar-refractivity contribution in [2.45, 2.75) is 4.90 Å². The second-order valence-electron chi connectivity index (χ2n) is 3.22. The Bertz CT molecular complexity index is 511. The number of hydrogen-bond donors (Lipinski definition) is 2. The number of halogens is 1. The number of carbonyl (C=O) groups excluding carboxylic acids is 1. The number of terminal acetylenes is 1. The minimum atomic E-state index is -1.01. The van der Waals surface area contributed by atoms with Gasteiger partial charge in [-0.15, -0.1) is 18.2 Å². The predicted molar refractivity (Wildman–Crippen MR) is 73.7 cm³/mol. The lowest BCUT2D eigenvalue weighted by atomic mass is 10.2. The summed E-state index contributed by atoms with van der Waals surface area (Å²) in [5.41, 5.74) is 0.170. The van der Waals surface area contributed by atoms with Crippen LogP contribution in [0.4, 0.5) is 0 Å². The number of rotatable bonds is 5. The van der Waals surface area contributed by atoms with Gasteiger partial charge in [-0.05, 0) is 34.1 Å². The van der Waals surface area contributed by atoms with Crippen molar-refractivity contribution in [3.05, 3.63) is 28.2 Å². The number of benzene rings is 1. The van der Waals surface area contributed by atoms with Gasteiger partial charge in [-0.3, -0.25) is 4.79 Å². The maximum Gasteiger partial charge on any atom is 0.336 e. The average molecular weight is 328 g/mol. The number of amides is 1. The van der Waals surface area contributed by atoms with Gasteiger partial charge in [0.2, 0.25) is 5.91 Å². The second-order valence-corrected chi connectivity index (χ2v) is 5.12. The zero-order chi connectivity index (χ0) is 13.5. The van der Waals surface area contributed by atoms with Crippen LogP contribution in [-0.4, -0.2) is 29.3 Å². The Morgan fingerprint density at radius 1 is 1.50 bits per heavy atom. The maximum atomic E-state index is 11.3. The first kappa shape index (κ1) is 14.6. The Balaban J connectivity index is 2.64. The normalized spacial score (nSPS) is 9.56. The highest BCUT2D eigenvalue weighted by atomic mass is 79.9. The molecule has 0 spiro atoms. The molecule has 0 saturated heterocycles. The van der Waals surface area contributed by atoms with E-state index in [0.29, 0.717) is 9.37 Å². The summed E-state index contributed by atoms with van der Waals surface area (Å²) in [6.45, 7) is 0.195. The molecule has 0 heterocycles. The van der Waals surface area contributed by atoms with Crippen LogP contribution in [0, 0.1) is 12.3 Å². The molecule has 0 aromatic heterocycles. The predicted octanol–water partition coefficient (Wildman–Crippen LogP) is 1.99. The lowest BCUT2D eigenvalue weighted by molar-refractivity contribution is -0.118. The van der Waals surface area contributed by atoms with Gasteiger partial charge in [-0.25, -0.2) is 4.79 Å². The van der Waals surface area contributed by atoms with Gasteiger partial charge in [0.25, 0.3) is 0 Å². The van der Waals surface area contributed by atoms with E-state index in [1.807, 2.05) is 0 Å². The van der Waals surface area contributed by atoms with Crippen molar-refractivity contribution in [3.8, 4) is 12.3 Å². The topological polar surface area (TPSA) is 66.4 Å². The number of carboxylic acids is 1. The molecule has 4 nitrogen and oxygen atoms in total. The molecule has 0 saturated carbocycles. The number of nitrogens with one attached hydrogen (secondary N) is 1. The molecule has 0 unspecified atom stereocenters. The second kappa shape index (κ2) is 7.09. The average Bonchev–Trinajstić information content (AvgIpc) is 2.35. The summed E-state index contributed by atoms with van der Waals surface area (Å²) in [5, 5.41) is 11.5. The van der Waals surface area contributed by atoms with E-state index in [9.17, 15) is 9.59 Å². The maximum absolute atomic E-state index is 11.3. The summed E-state index contributed by atoms with van der Waals surface area (Å²) >= 11 is 4.41. The van der Waals surface area contributed by atoms with Gasteiger partial charge in [0.15, 0.2) is 0 Å². The molecular formula is C12H10BrNO3S. The largest absolute Gasteiger partial charge is 0.478 e. The summed E-state index contributed by atoms with van der Waals surface area (Å²) in [6, 6.07) is 4.91. The van der Waals surface area contributed by atoms with E-state index in [4.69, 9.17) is 11.5 Å². The molecule has 0 radical (unpaired) electrons. The third kappa shape index (κ3) is 4.43. The number of hydrogen-bond acceptors (Lipinski definition) is 3. The third-order valence-corrected chi connectivity index (χ3v) is 3.61. The van der Waals surface area contributed by atoms with Crippen LogP contribution >= 0.6 is 27.7 Å². The van der Waals surface area contributed by atoms with Gasteiger partial charge >= 0.3 is 5.97 Å². The van der Waals surface area contributed by atoms with Crippen molar-refractivity contribution in [1.82, 2.24) is 5.32 Å². The fourth-order valence-electron chi connectivity index (χ4n) is 1.11. The highest BCUT2D eigenvalue weighted by Crippen LogP contribution is 2.24. The molecule has 0 aliphatic rings. The van der Waals surface area contributed by atoms with Crippen molar-refractivity contribution in [2.24, 2.45) is 0 Å². The molecule has 0 aliphatic heterocycles. The molecule has 18 heavy (non-hydrogen) atoms. The fourth-order valence-corrected chi connectivity index (χ4v) is 2.29. The summed E-state index contributed by atoms with van der Waals surface area (Å²) in [7, 11) is 0. The van der Waals surface area contributed by atoms with Gasteiger partial charge in [-0.1, -0.05) is 5.92 Å². The summed E-state index contributed by atoms with van der Waals surface area (Å²) in [5.74, 6) is 1.30. The van der Waals surface area contributed by atoms with Crippen molar-refractivity contribution in [1.29, 1.82) is 0 Å². The molecule has 1 aromatic rings. The van der Waals surface area contributed by atoms with E-state index >= 15 is 0 Å². The van der Waals surface area contributed by atoms with E-state index < -0.39 is 5.97 Å². The first-order valence-corrected chi connectivity index (χ1v) is 6.68. The zero-order valence-corrected chi connectivity index (χ0v) is 11.7. The van der Waals surface area contributed by atoms with Crippen LogP contribution in [0.15, 0.2) is 27.6 Å². The molecule has 94 valence electrons. The van der Waals surface area contributed by atoms with Gasteiger partial charge in [-0.2, -0.15) is 0 Å². The van der Waals surface area contributed by atoms with Crippen LogP contribution in [0.2, 0.25) is 0 Å². The van der Waals surface area contributed by atoms with Crippen LogP contribution in [0.25, 0.3) is 0 Å². The van der Waals surface area contributed by atoms with E-state index in [1.54, 1.807) is 12.1 Å².